The van der Waals surface area contributed by atoms with Crippen LogP contribution < -0.4 is 26.6 Å². The number of carbonyl (C=O) groups excluding carboxylic acids is 3. The first-order valence-corrected chi connectivity index (χ1v) is 64.9. The Kier molecular flexibility index (Phi) is 82.4. The molecule has 0 radical (unpaired) electrons. The van der Waals surface area contributed by atoms with E-state index >= 15 is 0 Å². The third kappa shape index (κ3) is 61.8. The first kappa shape index (κ1) is 125. The number of unbranched alkanes of at least 4 members (excludes halogenated alkanes) is 14. The van der Waals surface area contributed by atoms with E-state index < -0.39 is 45.2 Å². The summed E-state index contributed by atoms with van der Waals surface area (Å²) in [6.45, 7) is 74.5. The zero-order chi connectivity index (χ0) is 93.6. The molecule has 2 aliphatic heterocycles. The van der Waals surface area contributed by atoms with Crippen LogP contribution in [0.4, 0.5) is 10.5 Å². The number of anilines is 1. The Bertz CT molecular complexity index is 3130. The summed E-state index contributed by atoms with van der Waals surface area (Å²) in [5, 5.41) is 11.1. The molecule has 0 spiro atoms. The summed E-state index contributed by atoms with van der Waals surface area (Å²) < 4.78 is 83.6. The van der Waals surface area contributed by atoms with Gasteiger partial charge in [-0.05, 0) is 222 Å². The number of rotatable bonds is 62. The molecule has 37 heteroatoms. The van der Waals surface area contributed by atoms with Crippen LogP contribution in [-0.2, 0) is 66.5 Å². The van der Waals surface area contributed by atoms with E-state index in [2.05, 4.69) is 232 Å². The van der Waals surface area contributed by atoms with Gasteiger partial charge in [-0.25, -0.2) is 49.8 Å². The second-order valence-electron chi connectivity index (χ2n) is 32.0. The van der Waals surface area contributed by atoms with Crippen molar-refractivity contribution < 1.29 is 69.0 Å². The molecule has 3 amide bonds. The van der Waals surface area contributed by atoms with Crippen LogP contribution in [-0.4, -0.2) is 230 Å². The molecule has 0 bridgehead atoms. The molecule has 2 fully saturated rings. The molecule has 8 unspecified atom stereocenters. The molecule has 0 aromatic heterocycles. The molecule has 5 N–H and O–H groups in total. The SMILES string of the molecule is CN(C)c1cccc2c(S(=O)[O-])cccc12.[C-]#[N+]CCOP(OCCCCCCC)N(C(C)C)C(C)C.[C-]#[N+]CCOP(OCCCCCCN)N(C(C)C)C(C)C.[C-]#[N+]CCOP(OCCCCCCNC(=O)CCCCC1SCC2CC(=O)NC21)N(C(C)C)C(C)C.[C-]#[N+]CCOP(OCCCCCCNC(=O)OCC)N(C(C)C)C(C)C.[I][V]([I])[I]. The first-order valence-electron chi connectivity index (χ1n) is 44.7. The number of alkyl carbamates (subject to hydrolysis) is 1. The second kappa shape index (κ2) is 81.6. The monoisotopic (exact) mass is 2230 g/mol. The van der Waals surface area contributed by atoms with Gasteiger partial charge >= 0.3 is 71.0 Å². The Hall–Kier alpha value is -0.896. The first-order chi connectivity index (χ1) is 59.2. The maximum absolute atomic E-state index is 12.1. The number of amides is 3. The number of ether oxygens (including phenoxy) is 1. The van der Waals surface area contributed by atoms with Crippen molar-refractivity contribution in [3.05, 3.63) is 82.1 Å². The number of halogens is 3. The Morgan fingerprint density at radius 2 is 0.887 bits per heavy atom. The molecule has 2 aromatic carbocycles. The molecule has 124 heavy (non-hydrogen) atoms. The van der Waals surface area contributed by atoms with Crippen molar-refractivity contribution in [2.24, 2.45) is 11.7 Å². The third-order valence-electron chi connectivity index (χ3n) is 18.6. The van der Waals surface area contributed by atoms with Gasteiger partial charge in [-0.1, -0.05) is 102 Å². The number of carbonyl (C=O) groups is 3. The molecular weight excluding hydrogens is 2070 g/mol. The summed E-state index contributed by atoms with van der Waals surface area (Å²) in [6.07, 6.45) is 22.6. The van der Waals surface area contributed by atoms with Gasteiger partial charge in [-0.15, -0.1) is 0 Å². The van der Waals surface area contributed by atoms with Crippen LogP contribution in [0.1, 0.15) is 266 Å². The van der Waals surface area contributed by atoms with Crippen LogP contribution in [0.25, 0.3) is 30.2 Å². The minimum atomic E-state index is -2.19. The summed E-state index contributed by atoms with van der Waals surface area (Å²) >= 11 is 7.18. The molecule has 27 nitrogen and oxygen atoms in total. The van der Waals surface area contributed by atoms with E-state index in [1.807, 2.05) is 55.0 Å². The molecule has 716 valence electrons. The molecular formula is C87H160I3N13O14P4S2V-. The standard InChI is InChI=1S/C26H47N4O4PS.C18H36N3O4P.C16H33N2O2P.C15H32N3O2P.C12H13NO2S.3HI.V/c1-20(2)30(21(3)4)35(34-17-15-27-5)33-16-11-7-6-10-14-28-24(31)13-9-8-12-23-26-22(19-36-23)18-25(32)29-26;1-7-23-18(22)20-12-10-8-9-11-14-24-26(25-15-13-19-6)21(16(2)3)17(4)5;1-7-8-9-10-11-13-19-21(20-14-12-17-6)18(15(2)3)16(4)5;1-14(2)18(15(3)4)21(20-13-11-17-5)19-12-9-7-6-8-10-16;1-13(2)11-7-3-6-10-9(11)5-4-8-12(10)16(14)15;;;;/h20-23,26H,6-19H2,1-4H3,(H,28,31)(H,29,32);16-17H,7-15H2,1-5H3,(H,20,22);15-16H,7-14H2,1-5H3;14-15H,6-13,16H2,1-4H3;3-8H,1-2H3,(H,14,15);3*1H;/q;;;;;;;;+3/p-4. The Morgan fingerprint density at radius 3 is 1.24 bits per heavy atom. The quantitative estimate of drug-likeness (QED) is 0.0158. The maximum atomic E-state index is 12.1. The number of nitrogens with one attached hydrogen (secondary N) is 3. The Morgan fingerprint density at radius 1 is 0.532 bits per heavy atom. The van der Waals surface area contributed by atoms with Gasteiger partial charge in [0.15, 0.2) is 0 Å². The summed E-state index contributed by atoms with van der Waals surface area (Å²) in [7, 11) is -0.535. The number of nitrogens with two attached hydrogens (primary N) is 1. The van der Waals surface area contributed by atoms with Crippen molar-refractivity contribution in [3.8, 4) is 0 Å². The molecule has 2 aromatic rings. The van der Waals surface area contributed by atoms with Gasteiger partial charge in [0.2, 0.25) is 38.0 Å². The fraction of sp³-hybridized carbons (Fsp3) is 0.805. The van der Waals surface area contributed by atoms with E-state index in [0.717, 1.165) is 145 Å². The topological polar surface area (TPSA) is 270 Å². The van der Waals surface area contributed by atoms with Gasteiger partial charge in [0.25, 0.3) is 34.1 Å². The number of thioether (sulfide) groups is 1. The van der Waals surface area contributed by atoms with Gasteiger partial charge in [0.05, 0.1) is 33.0 Å². The zero-order valence-electron chi connectivity index (χ0n) is 78.9. The average molecular weight is 2230 g/mol. The minimum absolute atomic E-state index is 0.147. The van der Waals surface area contributed by atoms with Crippen molar-refractivity contribution in [1.29, 1.82) is 0 Å². The number of hydrogen-bond acceptors (Lipinski definition) is 21. The van der Waals surface area contributed by atoms with Crippen molar-refractivity contribution in [3.63, 3.8) is 0 Å². The fourth-order valence-electron chi connectivity index (χ4n) is 13.3. The third-order valence-corrected chi connectivity index (χ3v) is 29.4. The van der Waals surface area contributed by atoms with Crippen molar-refractivity contribution >= 4 is 151 Å². The van der Waals surface area contributed by atoms with Crippen LogP contribution in [0.15, 0.2) is 41.3 Å². The molecule has 2 saturated heterocycles. The van der Waals surface area contributed by atoms with Crippen molar-refractivity contribution in [2.45, 2.75) is 330 Å². The summed E-state index contributed by atoms with van der Waals surface area (Å²) in [5.41, 5.74) is 6.51. The van der Waals surface area contributed by atoms with E-state index in [1.54, 1.807) is 19.1 Å². The van der Waals surface area contributed by atoms with Gasteiger partial charge in [-0.3, -0.25) is 13.8 Å². The van der Waals surface area contributed by atoms with Gasteiger partial charge in [0.1, 0.15) is 26.4 Å². The van der Waals surface area contributed by atoms with Crippen LogP contribution in [0, 0.1) is 32.2 Å². The Balaban J connectivity index is 0. The zero-order valence-corrected chi connectivity index (χ0v) is 92.0. The predicted octanol–water partition coefficient (Wildman–Crippen LogP) is 23.6. The van der Waals surface area contributed by atoms with E-state index in [1.165, 1.54) is 25.7 Å². The number of benzene rings is 2. The molecule has 2 heterocycles. The van der Waals surface area contributed by atoms with Crippen LogP contribution >= 0.6 is 106 Å². The van der Waals surface area contributed by atoms with Crippen LogP contribution in [0.5, 0.6) is 0 Å². The van der Waals surface area contributed by atoms with E-state index in [4.69, 9.17) is 72.9 Å². The van der Waals surface area contributed by atoms with E-state index in [-0.39, 0.29) is 22.8 Å². The summed E-state index contributed by atoms with van der Waals surface area (Å²) in [6, 6.07) is 14.1. The summed E-state index contributed by atoms with van der Waals surface area (Å²) in [5.74, 6) is 1.96. The number of nitrogens with zero attached hydrogens (tertiary/aromatic N) is 9. The number of hydrogen-bond donors (Lipinski definition) is 4. The van der Waals surface area contributed by atoms with Crippen molar-refractivity contribution in [2.75, 3.05) is 130 Å². The van der Waals surface area contributed by atoms with Crippen LogP contribution in [0.3, 0.4) is 0 Å². The number of fused-ring (bicyclic) bond motifs is 2. The van der Waals surface area contributed by atoms with Gasteiger partial charge in [0, 0.05) is 116 Å². The summed E-state index contributed by atoms with van der Waals surface area (Å²) in [4.78, 5) is 50.3. The average Bonchev–Trinajstić information content (AvgIpc) is 0.928. The fourth-order valence-corrected chi connectivity index (χ4v) is 22.0. The van der Waals surface area contributed by atoms with E-state index in [0.29, 0.717) is 169 Å². The molecule has 2 aliphatic rings. The molecule has 8 atom stereocenters. The van der Waals surface area contributed by atoms with Crippen LogP contribution in [0.2, 0.25) is 0 Å². The van der Waals surface area contributed by atoms with Gasteiger partial charge < -0.3 is 91.4 Å². The molecule has 0 aliphatic carbocycles. The molecule has 0 saturated carbocycles. The normalized spacial score (nSPS) is 15.4. The van der Waals surface area contributed by atoms with E-state index in [9.17, 15) is 23.1 Å². The molecule has 4 rings (SSSR count). The second-order valence-corrected chi connectivity index (χ2v) is 75.3. The Labute approximate surface area is 801 Å². The van der Waals surface area contributed by atoms with Gasteiger partial charge in [-0.2, -0.15) is 11.8 Å². The predicted molar refractivity (Wildman–Crippen MR) is 543 cm³/mol. The van der Waals surface area contributed by atoms with Crippen molar-refractivity contribution in [1.82, 2.24) is 34.6 Å².